The van der Waals surface area contributed by atoms with Gasteiger partial charge in [-0.15, -0.1) is 0 Å². The topological polar surface area (TPSA) is 41.3 Å². The number of nitrogens with zero attached hydrogens (tertiary/aromatic N) is 3. The minimum absolute atomic E-state index is 0.296. The molecule has 2 rings (SSSR count). The standard InChI is InChI=1S/C10H17N3O/c14-8-10-2-1-4-13(10)7-6-12-5-3-11-9-12/h3,5,9-10,14H,1-2,4,6-8H2/t10-/m1/s1. The van der Waals surface area contributed by atoms with Gasteiger partial charge in [0.15, 0.2) is 0 Å². The second-order valence-electron chi connectivity index (χ2n) is 3.82. The maximum atomic E-state index is 9.13. The fourth-order valence-corrected chi connectivity index (χ4v) is 2.06. The SMILES string of the molecule is OC[C@H]1CCCN1CCn1ccnc1. The largest absolute Gasteiger partial charge is 0.395 e. The summed E-state index contributed by atoms with van der Waals surface area (Å²) >= 11 is 0. The van der Waals surface area contributed by atoms with E-state index in [0.29, 0.717) is 12.6 Å². The van der Waals surface area contributed by atoms with Gasteiger partial charge < -0.3 is 9.67 Å². The number of hydrogen-bond donors (Lipinski definition) is 1. The summed E-state index contributed by atoms with van der Waals surface area (Å²) in [4.78, 5) is 6.36. The van der Waals surface area contributed by atoms with Gasteiger partial charge in [0.2, 0.25) is 0 Å². The summed E-state index contributed by atoms with van der Waals surface area (Å²) in [6.45, 7) is 3.40. The Morgan fingerprint density at radius 1 is 1.43 bits per heavy atom. The average molecular weight is 195 g/mol. The number of hydrogen-bond acceptors (Lipinski definition) is 3. The Bertz CT molecular complexity index is 260. The molecule has 0 radical (unpaired) electrons. The molecular weight excluding hydrogens is 178 g/mol. The molecule has 1 aromatic heterocycles. The zero-order valence-electron chi connectivity index (χ0n) is 8.34. The first-order valence-electron chi connectivity index (χ1n) is 5.21. The minimum Gasteiger partial charge on any atom is -0.395 e. The van der Waals surface area contributed by atoms with Crippen LogP contribution in [0.15, 0.2) is 18.7 Å². The quantitative estimate of drug-likeness (QED) is 0.753. The molecule has 0 aliphatic carbocycles. The van der Waals surface area contributed by atoms with Crippen molar-refractivity contribution in [1.82, 2.24) is 14.5 Å². The Hall–Kier alpha value is -0.870. The lowest BCUT2D eigenvalue weighted by Gasteiger charge is -2.22. The van der Waals surface area contributed by atoms with E-state index in [9.17, 15) is 0 Å². The van der Waals surface area contributed by atoms with Crippen molar-refractivity contribution in [2.24, 2.45) is 0 Å². The summed E-state index contributed by atoms with van der Waals surface area (Å²) in [5.74, 6) is 0. The molecular formula is C10H17N3O. The molecule has 1 saturated heterocycles. The van der Waals surface area contributed by atoms with Gasteiger partial charge in [-0.25, -0.2) is 4.98 Å². The lowest BCUT2D eigenvalue weighted by molar-refractivity contribution is 0.155. The van der Waals surface area contributed by atoms with Crippen molar-refractivity contribution in [1.29, 1.82) is 0 Å². The highest BCUT2D eigenvalue weighted by molar-refractivity contribution is 4.80. The van der Waals surface area contributed by atoms with Gasteiger partial charge in [-0.05, 0) is 19.4 Å². The molecule has 1 aliphatic rings. The van der Waals surface area contributed by atoms with Crippen molar-refractivity contribution in [2.75, 3.05) is 19.7 Å². The van der Waals surface area contributed by atoms with Crippen molar-refractivity contribution in [3.63, 3.8) is 0 Å². The Morgan fingerprint density at radius 3 is 3.07 bits per heavy atom. The number of imidazole rings is 1. The summed E-state index contributed by atoms with van der Waals surface area (Å²) in [7, 11) is 0. The van der Waals surface area contributed by atoms with Crippen LogP contribution in [0.4, 0.5) is 0 Å². The van der Waals surface area contributed by atoms with E-state index in [1.807, 2.05) is 12.5 Å². The normalized spacial score (nSPS) is 23.1. The van der Waals surface area contributed by atoms with Crippen LogP contribution < -0.4 is 0 Å². The molecule has 0 amide bonds. The predicted molar refractivity (Wildman–Crippen MR) is 53.9 cm³/mol. The average Bonchev–Trinajstić information content (AvgIpc) is 2.85. The van der Waals surface area contributed by atoms with Crippen molar-refractivity contribution in [3.8, 4) is 0 Å². The second-order valence-corrected chi connectivity index (χ2v) is 3.82. The maximum absolute atomic E-state index is 9.13. The summed E-state index contributed by atoms with van der Waals surface area (Å²) in [5.41, 5.74) is 0. The van der Waals surface area contributed by atoms with Crippen LogP contribution in [0.25, 0.3) is 0 Å². The molecule has 0 spiro atoms. The Morgan fingerprint density at radius 2 is 2.36 bits per heavy atom. The molecule has 1 fully saturated rings. The van der Waals surface area contributed by atoms with Crippen LogP contribution in [0.3, 0.4) is 0 Å². The molecule has 0 bridgehead atoms. The molecule has 4 heteroatoms. The molecule has 1 N–H and O–H groups in total. The third-order valence-electron chi connectivity index (χ3n) is 2.91. The van der Waals surface area contributed by atoms with Crippen LogP contribution in [0.2, 0.25) is 0 Å². The Kier molecular flexibility index (Phi) is 3.16. The highest BCUT2D eigenvalue weighted by atomic mass is 16.3. The number of aromatic nitrogens is 2. The molecule has 2 heterocycles. The van der Waals surface area contributed by atoms with E-state index in [1.54, 1.807) is 6.20 Å². The van der Waals surface area contributed by atoms with Crippen LogP contribution in [0.1, 0.15) is 12.8 Å². The van der Waals surface area contributed by atoms with Gasteiger partial charge >= 0.3 is 0 Å². The van der Waals surface area contributed by atoms with E-state index in [-0.39, 0.29) is 0 Å². The lowest BCUT2D eigenvalue weighted by atomic mass is 10.2. The first-order valence-corrected chi connectivity index (χ1v) is 5.21. The van der Waals surface area contributed by atoms with Gasteiger partial charge in [-0.2, -0.15) is 0 Å². The number of likely N-dealkylation sites (tertiary alicyclic amines) is 1. The smallest absolute Gasteiger partial charge is 0.0946 e. The summed E-state index contributed by atoms with van der Waals surface area (Å²) < 4.78 is 2.08. The van der Waals surface area contributed by atoms with Gasteiger partial charge in [0, 0.05) is 31.5 Å². The minimum atomic E-state index is 0.296. The van der Waals surface area contributed by atoms with Crippen LogP contribution in [-0.2, 0) is 6.54 Å². The van der Waals surface area contributed by atoms with E-state index in [2.05, 4.69) is 14.5 Å². The predicted octanol–water partition coefficient (Wildman–Crippen LogP) is 0.340. The molecule has 0 aromatic carbocycles. The zero-order chi connectivity index (χ0) is 9.80. The van der Waals surface area contributed by atoms with Gasteiger partial charge in [0.25, 0.3) is 0 Å². The lowest BCUT2D eigenvalue weighted by Crippen LogP contribution is -2.34. The monoisotopic (exact) mass is 195 g/mol. The molecule has 78 valence electrons. The molecule has 1 aliphatic heterocycles. The van der Waals surface area contributed by atoms with E-state index in [1.165, 1.54) is 6.42 Å². The first-order chi connectivity index (χ1) is 6.90. The summed E-state index contributed by atoms with van der Waals surface area (Å²) in [6.07, 6.45) is 7.97. The molecule has 4 nitrogen and oxygen atoms in total. The molecule has 0 unspecified atom stereocenters. The number of aliphatic hydroxyl groups is 1. The Balaban J connectivity index is 1.80. The van der Waals surface area contributed by atoms with E-state index < -0.39 is 0 Å². The van der Waals surface area contributed by atoms with Crippen LogP contribution in [-0.4, -0.2) is 45.3 Å². The third kappa shape index (κ3) is 2.13. The van der Waals surface area contributed by atoms with Gasteiger partial charge in [0.1, 0.15) is 0 Å². The van der Waals surface area contributed by atoms with Crippen molar-refractivity contribution in [2.45, 2.75) is 25.4 Å². The number of aliphatic hydroxyl groups excluding tert-OH is 1. The molecule has 0 saturated carbocycles. The summed E-state index contributed by atoms with van der Waals surface area (Å²) in [6, 6.07) is 0.388. The Labute approximate surface area is 84.2 Å². The van der Waals surface area contributed by atoms with Gasteiger partial charge in [-0.1, -0.05) is 0 Å². The van der Waals surface area contributed by atoms with Crippen LogP contribution in [0.5, 0.6) is 0 Å². The van der Waals surface area contributed by atoms with Gasteiger partial charge in [0.05, 0.1) is 12.9 Å². The third-order valence-corrected chi connectivity index (χ3v) is 2.91. The van der Waals surface area contributed by atoms with Crippen molar-refractivity contribution >= 4 is 0 Å². The fourth-order valence-electron chi connectivity index (χ4n) is 2.06. The van der Waals surface area contributed by atoms with Crippen molar-refractivity contribution in [3.05, 3.63) is 18.7 Å². The van der Waals surface area contributed by atoms with E-state index in [0.717, 1.165) is 26.1 Å². The highest BCUT2D eigenvalue weighted by Gasteiger charge is 2.22. The molecule has 14 heavy (non-hydrogen) atoms. The van der Waals surface area contributed by atoms with Crippen molar-refractivity contribution < 1.29 is 5.11 Å². The van der Waals surface area contributed by atoms with E-state index in [4.69, 9.17) is 5.11 Å². The highest BCUT2D eigenvalue weighted by Crippen LogP contribution is 2.15. The van der Waals surface area contributed by atoms with Crippen LogP contribution >= 0.6 is 0 Å². The van der Waals surface area contributed by atoms with E-state index >= 15 is 0 Å². The van der Waals surface area contributed by atoms with Gasteiger partial charge in [-0.3, -0.25) is 4.90 Å². The zero-order valence-corrected chi connectivity index (χ0v) is 8.34. The van der Waals surface area contributed by atoms with Crippen LogP contribution in [0, 0.1) is 0 Å². The summed E-state index contributed by atoms with van der Waals surface area (Å²) in [5, 5.41) is 9.13. The maximum Gasteiger partial charge on any atom is 0.0946 e. The molecule has 1 aromatic rings. The number of rotatable bonds is 4. The second kappa shape index (κ2) is 4.57. The first kappa shape index (κ1) is 9.68. The molecule has 1 atom stereocenters. The fraction of sp³-hybridized carbons (Fsp3) is 0.700.